The Bertz CT molecular complexity index is 451. The van der Waals surface area contributed by atoms with Crippen molar-refractivity contribution in [2.24, 2.45) is 0 Å². The molecule has 2 N–H and O–H groups in total. The summed E-state index contributed by atoms with van der Waals surface area (Å²) in [6.07, 6.45) is -0.518. The number of benzene rings is 1. The second-order valence-electron chi connectivity index (χ2n) is 4.30. The molecule has 0 aromatic heterocycles. The summed E-state index contributed by atoms with van der Waals surface area (Å²) >= 11 is 0. The third-order valence-electron chi connectivity index (χ3n) is 2.84. The van der Waals surface area contributed by atoms with Crippen molar-refractivity contribution in [1.29, 1.82) is 0 Å². The van der Waals surface area contributed by atoms with Gasteiger partial charge in [0, 0.05) is 18.5 Å². The molecule has 1 saturated heterocycles. The average Bonchev–Trinajstić information content (AvgIpc) is 2.68. The van der Waals surface area contributed by atoms with E-state index in [9.17, 15) is 18.0 Å². The van der Waals surface area contributed by atoms with Crippen LogP contribution in [0.5, 0.6) is 0 Å². The minimum Gasteiger partial charge on any atom is -0.351 e. The van der Waals surface area contributed by atoms with Gasteiger partial charge in [-0.25, -0.2) is 13.2 Å². The standard InChI is InChI=1S/C12H13F3N2O/c13-9-4-2-1-3-8(9)6-16-11(18)10-5-12(14,15)7-17-10/h1-4,10,17H,5-7H2,(H,16,18). The van der Waals surface area contributed by atoms with E-state index in [2.05, 4.69) is 10.6 Å². The predicted octanol–water partition coefficient (Wildman–Crippen LogP) is 1.44. The molecule has 0 saturated carbocycles. The Balaban J connectivity index is 1.88. The van der Waals surface area contributed by atoms with Crippen LogP contribution in [0.4, 0.5) is 13.2 Å². The molecule has 1 unspecified atom stereocenters. The molecule has 1 aliphatic rings. The molecular formula is C12H13F3N2O. The number of alkyl halides is 2. The lowest BCUT2D eigenvalue weighted by Crippen LogP contribution is -2.40. The molecule has 1 aromatic rings. The minimum absolute atomic E-state index is 0.00470. The summed E-state index contributed by atoms with van der Waals surface area (Å²) in [6, 6.07) is 5.09. The maximum atomic E-state index is 13.3. The molecule has 3 nitrogen and oxygen atoms in total. The number of carbonyl (C=O) groups is 1. The van der Waals surface area contributed by atoms with Gasteiger partial charge in [0.15, 0.2) is 0 Å². The zero-order chi connectivity index (χ0) is 13.2. The normalized spacial score (nSPS) is 21.8. The van der Waals surface area contributed by atoms with Gasteiger partial charge in [0.2, 0.25) is 5.91 Å². The molecule has 0 radical (unpaired) electrons. The molecule has 1 fully saturated rings. The van der Waals surface area contributed by atoms with Crippen LogP contribution in [0.2, 0.25) is 0 Å². The van der Waals surface area contributed by atoms with Crippen LogP contribution in [0.1, 0.15) is 12.0 Å². The Hall–Kier alpha value is -1.56. The molecule has 98 valence electrons. The molecule has 1 aromatic carbocycles. The van der Waals surface area contributed by atoms with Crippen LogP contribution >= 0.6 is 0 Å². The van der Waals surface area contributed by atoms with Crippen LogP contribution < -0.4 is 10.6 Å². The molecular weight excluding hydrogens is 245 g/mol. The molecule has 0 spiro atoms. The number of halogens is 3. The van der Waals surface area contributed by atoms with E-state index in [0.29, 0.717) is 5.56 Å². The SMILES string of the molecule is O=C(NCc1ccccc1F)C1CC(F)(F)CN1. The number of hydrogen-bond acceptors (Lipinski definition) is 2. The van der Waals surface area contributed by atoms with Crippen molar-refractivity contribution in [3.05, 3.63) is 35.6 Å². The first-order chi connectivity index (χ1) is 8.48. The smallest absolute Gasteiger partial charge is 0.262 e. The lowest BCUT2D eigenvalue weighted by molar-refractivity contribution is -0.123. The van der Waals surface area contributed by atoms with Gasteiger partial charge in [-0.3, -0.25) is 10.1 Å². The highest BCUT2D eigenvalue weighted by atomic mass is 19.3. The van der Waals surface area contributed by atoms with E-state index in [1.54, 1.807) is 12.1 Å². The summed E-state index contributed by atoms with van der Waals surface area (Å²) in [6.45, 7) is -0.500. The van der Waals surface area contributed by atoms with E-state index in [1.165, 1.54) is 12.1 Å². The van der Waals surface area contributed by atoms with Crippen LogP contribution in [0.15, 0.2) is 24.3 Å². The summed E-state index contributed by atoms with van der Waals surface area (Å²) in [5.41, 5.74) is 0.329. The van der Waals surface area contributed by atoms with Crippen LogP contribution in [0.3, 0.4) is 0 Å². The van der Waals surface area contributed by atoms with Gasteiger partial charge in [-0.05, 0) is 6.07 Å². The maximum Gasteiger partial charge on any atom is 0.262 e. The van der Waals surface area contributed by atoms with Gasteiger partial charge in [-0.1, -0.05) is 18.2 Å². The topological polar surface area (TPSA) is 41.1 Å². The van der Waals surface area contributed by atoms with Gasteiger partial charge in [0.05, 0.1) is 12.6 Å². The molecule has 1 aliphatic heterocycles. The molecule has 0 aliphatic carbocycles. The van der Waals surface area contributed by atoms with Gasteiger partial charge in [0.25, 0.3) is 5.92 Å². The molecule has 1 amide bonds. The number of hydrogen-bond donors (Lipinski definition) is 2. The number of rotatable bonds is 3. The fourth-order valence-electron chi connectivity index (χ4n) is 1.85. The molecule has 0 bridgehead atoms. The zero-order valence-corrected chi connectivity index (χ0v) is 9.55. The number of carbonyl (C=O) groups excluding carboxylic acids is 1. The Morgan fingerprint density at radius 1 is 1.44 bits per heavy atom. The molecule has 6 heteroatoms. The van der Waals surface area contributed by atoms with Crippen molar-refractivity contribution in [2.45, 2.75) is 24.9 Å². The Labute approximate surface area is 102 Å². The molecule has 1 atom stereocenters. The summed E-state index contributed by atoms with van der Waals surface area (Å²) in [7, 11) is 0. The fraction of sp³-hybridized carbons (Fsp3) is 0.417. The summed E-state index contributed by atoms with van der Waals surface area (Å²) in [5.74, 6) is -3.81. The number of nitrogens with one attached hydrogen (secondary N) is 2. The Morgan fingerprint density at radius 2 is 2.17 bits per heavy atom. The van der Waals surface area contributed by atoms with Crippen molar-refractivity contribution in [1.82, 2.24) is 10.6 Å². The van der Waals surface area contributed by atoms with Crippen molar-refractivity contribution in [3.8, 4) is 0 Å². The van der Waals surface area contributed by atoms with Gasteiger partial charge in [0.1, 0.15) is 5.82 Å². The average molecular weight is 258 g/mol. The van der Waals surface area contributed by atoms with Crippen LogP contribution in [0, 0.1) is 5.82 Å². The predicted molar refractivity (Wildman–Crippen MR) is 59.6 cm³/mol. The molecule has 18 heavy (non-hydrogen) atoms. The minimum atomic E-state index is -2.85. The third kappa shape index (κ3) is 3.01. The lowest BCUT2D eigenvalue weighted by Gasteiger charge is -2.11. The third-order valence-corrected chi connectivity index (χ3v) is 2.84. The van der Waals surface area contributed by atoms with Gasteiger partial charge in [-0.2, -0.15) is 0 Å². The largest absolute Gasteiger partial charge is 0.351 e. The van der Waals surface area contributed by atoms with Crippen LogP contribution in [-0.4, -0.2) is 24.4 Å². The monoisotopic (exact) mass is 258 g/mol. The van der Waals surface area contributed by atoms with Crippen molar-refractivity contribution >= 4 is 5.91 Å². The summed E-state index contributed by atoms with van der Waals surface area (Å²) in [4.78, 5) is 11.6. The van der Waals surface area contributed by atoms with E-state index in [1.807, 2.05) is 0 Å². The second-order valence-corrected chi connectivity index (χ2v) is 4.30. The lowest BCUT2D eigenvalue weighted by atomic mass is 10.1. The molecule has 1 heterocycles. The van der Waals surface area contributed by atoms with Crippen LogP contribution in [-0.2, 0) is 11.3 Å². The second kappa shape index (κ2) is 4.97. The van der Waals surface area contributed by atoms with Gasteiger partial charge < -0.3 is 5.32 Å². The van der Waals surface area contributed by atoms with Crippen molar-refractivity contribution in [2.75, 3.05) is 6.54 Å². The van der Waals surface area contributed by atoms with E-state index in [-0.39, 0.29) is 6.54 Å². The van der Waals surface area contributed by atoms with Crippen molar-refractivity contribution < 1.29 is 18.0 Å². The van der Waals surface area contributed by atoms with Gasteiger partial charge >= 0.3 is 0 Å². The van der Waals surface area contributed by atoms with E-state index in [0.717, 1.165) is 0 Å². The first kappa shape index (κ1) is 12.9. The quantitative estimate of drug-likeness (QED) is 0.861. The Kier molecular flexibility index (Phi) is 3.56. The van der Waals surface area contributed by atoms with E-state index in [4.69, 9.17) is 0 Å². The maximum absolute atomic E-state index is 13.3. The fourth-order valence-corrected chi connectivity index (χ4v) is 1.85. The van der Waals surface area contributed by atoms with E-state index >= 15 is 0 Å². The zero-order valence-electron chi connectivity index (χ0n) is 9.55. The van der Waals surface area contributed by atoms with E-state index < -0.39 is 36.7 Å². The highest BCUT2D eigenvalue weighted by molar-refractivity contribution is 5.82. The highest BCUT2D eigenvalue weighted by Crippen LogP contribution is 2.25. The highest BCUT2D eigenvalue weighted by Gasteiger charge is 2.42. The Morgan fingerprint density at radius 3 is 2.78 bits per heavy atom. The molecule has 2 rings (SSSR count). The summed E-state index contributed by atoms with van der Waals surface area (Å²) < 4.78 is 39.0. The van der Waals surface area contributed by atoms with Crippen molar-refractivity contribution in [3.63, 3.8) is 0 Å². The van der Waals surface area contributed by atoms with Crippen LogP contribution in [0.25, 0.3) is 0 Å². The number of amides is 1. The van der Waals surface area contributed by atoms with Gasteiger partial charge in [-0.15, -0.1) is 0 Å². The first-order valence-electron chi connectivity index (χ1n) is 5.60. The first-order valence-corrected chi connectivity index (χ1v) is 5.60. The summed E-state index contributed by atoms with van der Waals surface area (Å²) in [5, 5.41) is 4.89.